The Hall–Kier alpha value is -1.10. The Morgan fingerprint density at radius 3 is 2.55 bits per heavy atom. The van der Waals surface area contributed by atoms with Gasteiger partial charge in [-0.3, -0.25) is 14.5 Å². The van der Waals surface area contributed by atoms with Gasteiger partial charge in [0.25, 0.3) is 0 Å². The molecule has 5 heteroatoms. The van der Waals surface area contributed by atoms with Gasteiger partial charge in [0.05, 0.1) is 0 Å². The van der Waals surface area contributed by atoms with E-state index >= 15 is 0 Å². The van der Waals surface area contributed by atoms with Gasteiger partial charge in [-0.25, -0.2) is 0 Å². The minimum absolute atomic E-state index is 0.138. The van der Waals surface area contributed by atoms with Crippen molar-refractivity contribution in [3.63, 3.8) is 0 Å². The van der Waals surface area contributed by atoms with E-state index in [1.807, 2.05) is 0 Å². The van der Waals surface area contributed by atoms with Gasteiger partial charge in [-0.2, -0.15) is 0 Å². The molecule has 2 saturated carbocycles. The molecular weight excluding hydrogens is 278 g/mol. The molecule has 3 rings (SSSR count). The molecule has 0 spiro atoms. The number of nitrogens with one attached hydrogen (secondary N) is 2. The van der Waals surface area contributed by atoms with Crippen LogP contribution in [0.15, 0.2) is 0 Å². The monoisotopic (exact) mass is 307 g/mol. The fourth-order valence-electron chi connectivity index (χ4n) is 3.76. The third-order valence-electron chi connectivity index (χ3n) is 5.25. The summed E-state index contributed by atoms with van der Waals surface area (Å²) in [6.07, 6.45) is 9.81. The first kappa shape index (κ1) is 15.8. The molecule has 2 amide bonds. The molecule has 5 nitrogen and oxygen atoms in total. The molecule has 0 bridgehead atoms. The maximum atomic E-state index is 12.0. The summed E-state index contributed by atoms with van der Waals surface area (Å²) in [4.78, 5) is 26.0. The topological polar surface area (TPSA) is 61.4 Å². The molecule has 1 aliphatic heterocycles. The minimum Gasteiger partial charge on any atom is -0.356 e. The molecule has 0 aromatic heterocycles. The number of rotatable bonds is 7. The third kappa shape index (κ3) is 4.45. The average Bonchev–Trinajstić information content (AvgIpc) is 3.02. The van der Waals surface area contributed by atoms with Crippen molar-refractivity contribution < 1.29 is 9.59 Å². The zero-order valence-electron chi connectivity index (χ0n) is 13.5. The van der Waals surface area contributed by atoms with Crippen LogP contribution in [0.3, 0.4) is 0 Å². The first-order valence-corrected chi connectivity index (χ1v) is 9.03. The van der Waals surface area contributed by atoms with Gasteiger partial charge in [0.15, 0.2) is 0 Å². The summed E-state index contributed by atoms with van der Waals surface area (Å²) in [5.41, 5.74) is 0. The molecular formula is C17H29N3O2. The Morgan fingerprint density at radius 1 is 1.05 bits per heavy atom. The number of carbonyl (C=O) groups excluding carboxylic acids is 2. The van der Waals surface area contributed by atoms with E-state index in [0.717, 1.165) is 44.8 Å². The molecule has 0 aromatic rings. The lowest BCUT2D eigenvalue weighted by atomic mass is 10.2. The maximum absolute atomic E-state index is 12.0. The van der Waals surface area contributed by atoms with Crippen LogP contribution in [0.5, 0.6) is 0 Å². The highest BCUT2D eigenvalue weighted by molar-refractivity contribution is 5.81. The lowest BCUT2D eigenvalue weighted by Gasteiger charge is -2.23. The van der Waals surface area contributed by atoms with E-state index in [0.29, 0.717) is 19.0 Å². The second-order valence-corrected chi connectivity index (χ2v) is 7.16. The summed E-state index contributed by atoms with van der Waals surface area (Å²) in [5, 5.41) is 6.07. The Labute approximate surface area is 133 Å². The van der Waals surface area contributed by atoms with Crippen molar-refractivity contribution in [1.82, 2.24) is 15.5 Å². The summed E-state index contributed by atoms with van der Waals surface area (Å²) in [6.45, 7) is 2.78. The van der Waals surface area contributed by atoms with Gasteiger partial charge in [-0.15, -0.1) is 0 Å². The summed E-state index contributed by atoms with van der Waals surface area (Å²) in [5.74, 6) is 0.566. The van der Waals surface area contributed by atoms with Crippen molar-refractivity contribution in [1.29, 1.82) is 0 Å². The number of nitrogens with zero attached hydrogens (tertiary/aromatic N) is 1. The number of likely N-dealkylation sites (tertiary alicyclic amines) is 1. The molecule has 1 heterocycles. The van der Waals surface area contributed by atoms with Gasteiger partial charge in [0.2, 0.25) is 11.8 Å². The smallest absolute Gasteiger partial charge is 0.223 e. The summed E-state index contributed by atoms with van der Waals surface area (Å²) in [6, 6.07) is 1.09. The minimum atomic E-state index is 0.138. The Balaban J connectivity index is 1.26. The second kappa shape index (κ2) is 7.44. The fraction of sp³-hybridized carbons (Fsp3) is 0.882. The number of hydrogen-bond donors (Lipinski definition) is 2. The van der Waals surface area contributed by atoms with E-state index in [2.05, 4.69) is 15.5 Å². The summed E-state index contributed by atoms with van der Waals surface area (Å²) < 4.78 is 0. The van der Waals surface area contributed by atoms with Gasteiger partial charge < -0.3 is 10.6 Å². The molecule has 1 atom stereocenters. The molecule has 3 fully saturated rings. The van der Waals surface area contributed by atoms with Crippen LogP contribution in [-0.2, 0) is 9.59 Å². The molecule has 124 valence electrons. The van der Waals surface area contributed by atoms with Crippen molar-refractivity contribution in [3.05, 3.63) is 0 Å². The molecule has 0 aromatic carbocycles. The molecule has 3 aliphatic rings. The van der Waals surface area contributed by atoms with Gasteiger partial charge in [-0.05, 0) is 38.5 Å². The van der Waals surface area contributed by atoms with E-state index in [9.17, 15) is 9.59 Å². The molecule has 1 unspecified atom stereocenters. The van der Waals surface area contributed by atoms with E-state index in [1.165, 1.54) is 25.7 Å². The second-order valence-electron chi connectivity index (χ2n) is 7.16. The highest BCUT2D eigenvalue weighted by Crippen LogP contribution is 2.28. The standard InChI is InChI=1S/C17H29N3O2/c21-16(6-3-10-18-17(22)13-7-8-13)19-14-9-11-20(12-14)15-4-1-2-5-15/h13-15H,1-12H2,(H,18,22)(H,19,21). The van der Waals surface area contributed by atoms with Crippen LogP contribution >= 0.6 is 0 Å². The number of carbonyl (C=O) groups is 2. The lowest BCUT2D eigenvalue weighted by molar-refractivity contribution is -0.123. The summed E-state index contributed by atoms with van der Waals surface area (Å²) in [7, 11) is 0. The first-order valence-electron chi connectivity index (χ1n) is 9.03. The maximum Gasteiger partial charge on any atom is 0.223 e. The predicted octanol–water partition coefficient (Wildman–Crippen LogP) is 1.43. The zero-order valence-corrected chi connectivity index (χ0v) is 13.5. The van der Waals surface area contributed by atoms with Gasteiger partial charge in [0, 0.05) is 44.1 Å². The predicted molar refractivity (Wildman–Crippen MR) is 85.3 cm³/mol. The summed E-state index contributed by atoms with van der Waals surface area (Å²) >= 11 is 0. The molecule has 1 saturated heterocycles. The number of hydrogen-bond acceptors (Lipinski definition) is 3. The first-order chi connectivity index (χ1) is 10.7. The van der Waals surface area contributed by atoms with E-state index in [-0.39, 0.29) is 17.7 Å². The Bertz CT molecular complexity index is 403. The van der Waals surface area contributed by atoms with Crippen LogP contribution in [0.4, 0.5) is 0 Å². The van der Waals surface area contributed by atoms with Crippen LogP contribution in [-0.4, -0.2) is 48.4 Å². The fourth-order valence-corrected chi connectivity index (χ4v) is 3.76. The van der Waals surface area contributed by atoms with Crippen LogP contribution < -0.4 is 10.6 Å². The van der Waals surface area contributed by atoms with Crippen molar-refractivity contribution in [2.75, 3.05) is 19.6 Å². The average molecular weight is 307 g/mol. The lowest BCUT2D eigenvalue weighted by Crippen LogP contribution is -2.39. The quantitative estimate of drug-likeness (QED) is 0.699. The van der Waals surface area contributed by atoms with Crippen molar-refractivity contribution in [2.45, 2.75) is 69.9 Å². The molecule has 22 heavy (non-hydrogen) atoms. The Kier molecular flexibility index (Phi) is 5.34. The Morgan fingerprint density at radius 2 is 1.82 bits per heavy atom. The SMILES string of the molecule is O=C(CCCNC(=O)C1CC1)NC1CCN(C2CCCC2)C1. The van der Waals surface area contributed by atoms with Crippen LogP contribution in [0.2, 0.25) is 0 Å². The molecule has 0 radical (unpaired) electrons. The van der Waals surface area contributed by atoms with Crippen LogP contribution in [0, 0.1) is 5.92 Å². The van der Waals surface area contributed by atoms with Crippen LogP contribution in [0.1, 0.15) is 57.8 Å². The van der Waals surface area contributed by atoms with Crippen molar-refractivity contribution in [2.24, 2.45) is 5.92 Å². The van der Waals surface area contributed by atoms with Gasteiger partial charge in [-0.1, -0.05) is 12.8 Å². The zero-order chi connectivity index (χ0) is 15.4. The van der Waals surface area contributed by atoms with Crippen molar-refractivity contribution in [3.8, 4) is 0 Å². The largest absolute Gasteiger partial charge is 0.356 e. The number of amides is 2. The highest BCUT2D eigenvalue weighted by Gasteiger charge is 2.31. The molecule has 2 aliphatic carbocycles. The van der Waals surface area contributed by atoms with Crippen molar-refractivity contribution >= 4 is 11.8 Å². The third-order valence-corrected chi connectivity index (χ3v) is 5.25. The van der Waals surface area contributed by atoms with E-state index in [1.54, 1.807) is 0 Å². The normalized spacial score (nSPS) is 26.3. The highest BCUT2D eigenvalue weighted by atomic mass is 16.2. The molecule has 2 N–H and O–H groups in total. The van der Waals surface area contributed by atoms with E-state index < -0.39 is 0 Å². The van der Waals surface area contributed by atoms with E-state index in [4.69, 9.17) is 0 Å². The van der Waals surface area contributed by atoms with Gasteiger partial charge >= 0.3 is 0 Å². The van der Waals surface area contributed by atoms with Crippen LogP contribution in [0.25, 0.3) is 0 Å². The van der Waals surface area contributed by atoms with Gasteiger partial charge in [0.1, 0.15) is 0 Å².